The molecule has 1 aliphatic heterocycles. The van der Waals surface area contributed by atoms with Gasteiger partial charge in [0.15, 0.2) is 0 Å². The molecule has 5 heteroatoms. The van der Waals surface area contributed by atoms with Gasteiger partial charge in [-0.05, 0) is 38.1 Å². The summed E-state index contributed by atoms with van der Waals surface area (Å²) >= 11 is 0. The van der Waals surface area contributed by atoms with Gasteiger partial charge in [0, 0.05) is 6.54 Å². The predicted octanol–water partition coefficient (Wildman–Crippen LogP) is 2.00. The van der Waals surface area contributed by atoms with E-state index in [1.54, 1.807) is 14.2 Å². The zero-order chi connectivity index (χ0) is 14.5. The second kappa shape index (κ2) is 6.61. The van der Waals surface area contributed by atoms with Crippen molar-refractivity contribution in [1.29, 1.82) is 0 Å². The van der Waals surface area contributed by atoms with Crippen LogP contribution in [0.2, 0.25) is 0 Å². The normalized spacial score (nSPS) is 16.9. The van der Waals surface area contributed by atoms with Crippen molar-refractivity contribution in [2.24, 2.45) is 5.92 Å². The van der Waals surface area contributed by atoms with Gasteiger partial charge in [0.25, 0.3) is 0 Å². The van der Waals surface area contributed by atoms with E-state index in [2.05, 4.69) is 4.90 Å². The van der Waals surface area contributed by atoms with Crippen molar-refractivity contribution < 1.29 is 19.4 Å². The maximum Gasteiger partial charge on any atom is 0.306 e. The van der Waals surface area contributed by atoms with Crippen molar-refractivity contribution in [3.63, 3.8) is 0 Å². The number of piperidine rings is 1. The summed E-state index contributed by atoms with van der Waals surface area (Å²) < 4.78 is 10.8. The summed E-state index contributed by atoms with van der Waals surface area (Å²) in [6.07, 6.45) is 1.40. The first-order chi connectivity index (χ1) is 9.65. The van der Waals surface area contributed by atoms with Crippen LogP contribution in [0.25, 0.3) is 0 Å². The fraction of sp³-hybridized carbons (Fsp3) is 0.533. The Morgan fingerprint density at radius 3 is 2.25 bits per heavy atom. The van der Waals surface area contributed by atoms with Crippen LogP contribution < -0.4 is 9.47 Å². The Morgan fingerprint density at radius 1 is 1.25 bits per heavy atom. The molecule has 0 amide bonds. The van der Waals surface area contributed by atoms with Gasteiger partial charge in [-0.1, -0.05) is 6.07 Å². The van der Waals surface area contributed by atoms with Crippen LogP contribution in [0.1, 0.15) is 18.4 Å². The maximum atomic E-state index is 11.0. The van der Waals surface area contributed by atoms with Crippen molar-refractivity contribution >= 4 is 5.97 Å². The van der Waals surface area contributed by atoms with Gasteiger partial charge in [0.2, 0.25) is 0 Å². The molecule has 0 aromatic heterocycles. The molecule has 0 radical (unpaired) electrons. The predicted molar refractivity (Wildman–Crippen MR) is 75.2 cm³/mol. The third-order valence-electron chi connectivity index (χ3n) is 3.85. The molecular weight excluding hydrogens is 258 g/mol. The van der Waals surface area contributed by atoms with Gasteiger partial charge in [-0.25, -0.2) is 0 Å². The summed E-state index contributed by atoms with van der Waals surface area (Å²) in [4.78, 5) is 13.2. The highest BCUT2D eigenvalue weighted by Gasteiger charge is 2.25. The van der Waals surface area contributed by atoms with Crippen LogP contribution in [0.4, 0.5) is 0 Å². The van der Waals surface area contributed by atoms with Crippen LogP contribution in [0.3, 0.4) is 0 Å². The van der Waals surface area contributed by atoms with Gasteiger partial charge in [-0.15, -0.1) is 0 Å². The van der Waals surface area contributed by atoms with E-state index in [-0.39, 0.29) is 5.92 Å². The number of aliphatic carboxylic acids is 1. The third-order valence-corrected chi connectivity index (χ3v) is 3.85. The number of carbonyl (C=O) groups is 1. The molecule has 1 aliphatic rings. The van der Waals surface area contributed by atoms with Crippen molar-refractivity contribution in [3.05, 3.63) is 23.8 Å². The van der Waals surface area contributed by atoms with E-state index < -0.39 is 5.97 Å². The number of methoxy groups -OCH3 is 2. The molecule has 2 rings (SSSR count). The molecule has 0 bridgehead atoms. The Kier molecular flexibility index (Phi) is 4.84. The Morgan fingerprint density at radius 2 is 1.80 bits per heavy atom. The fourth-order valence-electron chi connectivity index (χ4n) is 2.65. The van der Waals surface area contributed by atoms with E-state index in [9.17, 15) is 4.79 Å². The van der Waals surface area contributed by atoms with Crippen LogP contribution in [0.5, 0.6) is 11.5 Å². The molecule has 1 N–H and O–H groups in total. The first-order valence-corrected chi connectivity index (χ1v) is 6.80. The molecule has 1 aromatic carbocycles. The van der Waals surface area contributed by atoms with E-state index >= 15 is 0 Å². The smallest absolute Gasteiger partial charge is 0.306 e. The molecule has 0 saturated carbocycles. The molecule has 1 aromatic rings. The number of likely N-dealkylation sites (tertiary alicyclic amines) is 1. The SMILES string of the molecule is COc1cccc(OC)c1CN1CCC(C(=O)O)CC1. The van der Waals surface area contributed by atoms with E-state index in [0.717, 1.165) is 36.7 Å². The summed E-state index contributed by atoms with van der Waals surface area (Å²) in [5, 5.41) is 9.02. The highest BCUT2D eigenvalue weighted by Crippen LogP contribution is 2.30. The van der Waals surface area contributed by atoms with Crippen LogP contribution in [0.15, 0.2) is 18.2 Å². The first-order valence-electron chi connectivity index (χ1n) is 6.80. The van der Waals surface area contributed by atoms with Gasteiger partial charge in [0.05, 0.1) is 25.7 Å². The van der Waals surface area contributed by atoms with Crippen molar-refractivity contribution in [3.8, 4) is 11.5 Å². The topological polar surface area (TPSA) is 59.0 Å². The van der Waals surface area contributed by atoms with Gasteiger partial charge in [-0.2, -0.15) is 0 Å². The lowest BCUT2D eigenvalue weighted by Gasteiger charge is -2.30. The molecule has 110 valence electrons. The minimum Gasteiger partial charge on any atom is -0.496 e. The van der Waals surface area contributed by atoms with Crippen LogP contribution in [-0.4, -0.2) is 43.3 Å². The standard InChI is InChI=1S/C15H21NO4/c1-19-13-4-3-5-14(20-2)12(13)10-16-8-6-11(7-9-16)15(17)18/h3-5,11H,6-10H2,1-2H3,(H,17,18). The zero-order valence-electron chi connectivity index (χ0n) is 12.0. The number of benzene rings is 1. The maximum absolute atomic E-state index is 11.0. The summed E-state index contributed by atoms with van der Waals surface area (Å²) in [5.74, 6) is 0.736. The second-order valence-electron chi connectivity index (χ2n) is 5.03. The van der Waals surface area contributed by atoms with Gasteiger partial charge < -0.3 is 14.6 Å². The average Bonchev–Trinajstić information content (AvgIpc) is 2.48. The molecule has 20 heavy (non-hydrogen) atoms. The van der Waals surface area contributed by atoms with Crippen molar-refractivity contribution in [1.82, 2.24) is 4.90 Å². The first kappa shape index (κ1) is 14.7. The Bertz CT molecular complexity index is 445. The number of hydrogen-bond acceptors (Lipinski definition) is 4. The Balaban J connectivity index is 2.06. The molecule has 1 heterocycles. The van der Waals surface area contributed by atoms with Crippen molar-refractivity contribution in [2.75, 3.05) is 27.3 Å². The van der Waals surface area contributed by atoms with Crippen molar-refractivity contribution in [2.45, 2.75) is 19.4 Å². The monoisotopic (exact) mass is 279 g/mol. The van der Waals surface area contributed by atoms with Gasteiger partial charge in [0.1, 0.15) is 11.5 Å². The van der Waals surface area contributed by atoms with Crippen LogP contribution in [-0.2, 0) is 11.3 Å². The number of ether oxygens (including phenoxy) is 2. The third kappa shape index (κ3) is 3.22. The molecule has 0 spiro atoms. The molecule has 1 fully saturated rings. The Labute approximate surface area is 119 Å². The lowest BCUT2D eigenvalue weighted by molar-refractivity contribution is -0.143. The van der Waals surface area contributed by atoms with Gasteiger partial charge >= 0.3 is 5.97 Å². The van der Waals surface area contributed by atoms with Gasteiger partial charge in [-0.3, -0.25) is 9.69 Å². The summed E-state index contributed by atoms with van der Waals surface area (Å²) in [6, 6.07) is 5.74. The van der Waals surface area contributed by atoms with E-state index in [1.807, 2.05) is 18.2 Å². The minimum absolute atomic E-state index is 0.203. The number of hydrogen-bond donors (Lipinski definition) is 1. The lowest BCUT2D eigenvalue weighted by Crippen LogP contribution is -2.36. The lowest BCUT2D eigenvalue weighted by atomic mass is 9.96. The number of rotatable bonds is 5. The zero-order valence-corrected chi connectivity index (χ0v) is 12.0. The molecule has 0 unspecified atom stereocenters. The quantitative estimate of drug-likeness (QED) is 0.893. The van der Waals surface area contributed by atoms with Crippen LogP contribution in [0, 0.1) is 5.92 Å². The van der Waals surface area contributed by atoms with E-state index in [1.165, 1.54) is 0 Å². The average molecular weight is 279 g/mol. The van der Waals surface area contributed by atoms with Crippen LogP contribution >= 0.6 is 0 Å². The minimum atomic E-state index is -0.681. The fourth-order valence-corrected chi connectivity index (χ4v) is 2.65. The molecule has 0 aliphatic carbocycles. The molecular formula is C15H21NO4. The largest absolute Gasteiger partial charge is 0.496 e. The molecule has 5 nitrogen and oxygen atoms in total. The summed E-state index contributed by atoms with van der Waals surface area (Å²) in [6.45, 7) is 2.30. The summed E-state index contributed by atoms with van der Waals surface area (Å²) in [7, 11) is 3.30. The second-order valence-corrected chi connectivity index (χ2v) is 5.03. The number of carboxylic acid groups (broad SMARTS) is 1. The van der Waals surface area contributed by atoms with E-state index in [4.69, 9.17) is 14.6 Å². The van der Waals surface area contributed by atoms with E-state index in [0.29, 0.717) is 12.8 Å². The highest BCUT2D eigenvalue weighted by molar-refractivity contribution is 5.70. The number of carboxylic acids is 1. The number of nitrogens with zero attached hydrogens (tertiary/aromatic N) is 1. The Hall–Kier alpha value is -1.75. The molecule has 1 saturated heterocycles. The highest BCUT2D eigenvalue weighted by atomic mass is 16.5. The molecule has 0 atom stereocenters. The summed E-state index contributed by atoms with van der Waals surface area (Å²) in [5.41, 5.74) is 1.02.